The predicted molar refractivity (Wildman–Crippen MR) is 49.7 cm³/mol. The van der Waals surface area contributed by atoms with Crippen LogP contribution in [0.5, 0.6) is 0 Å². The van der Waals surface area contributed by atoms with Crippen LogP contribution in [0.2, 0.25) is 0 Å². The van der Waals surface area contributed by atoms with Crippen LogP contribution in [-0.4, -0.2) is 18.8 Å². The Bertz CT molecular complexity index is 327. The first-order chi connectivity index (χ1) is 6.60. The number of aliphatic hydroxyl groups is 1. The van der Waals surface area contributed by atoms with Crippen LogP contribution in [-0.2, 0) is 0 Å². The number of anilines is 1. The molecule has 1 atom stereocenters. The lowest BCUT2D eigenvalue weighted by atomic mass is 10.1. The lowest BCUT2D eigenvalue weighted by Crippen LogP contribution is -2.21. The predicted octanol–water partition coefficient (Wildman–Crippen LogP) is 0.800. The summed E-state index contributed by atoms with van der Waals surface area (Å²) in [6.45, 7) is -0.230. The Labute approximate surface area is 80.5 Å². The second-order valence-electron chi connectivity index (χ2n) is 2.92. The molecule has 3 nitrogen and oxygen atoms in total. The molecule has 5 heteroatoms. The normalized spacial score (nSPS) is 12.9. The number of aliphatic hydroxyl groups excluding tert-OH is 1. The Morgan fingerprint density at radius 1 is 1.43 bits per heavy atom. The van der Waals surface area contributed by atoms with Gasteiger partial charge in [0, 0.05) is 11.8 Å². The molecule has 1 aromatic rings. The fourth-order valence-corrected chi connectivity index (χ4v) is 1.22. The molecule has 0 radical (unpaired) electrons. The van der Waals surface area contributed by atoms with Gasteiger partial charge in [0.1, 0.15) is 0 Å². The van der Waals surface area contributed by atoms with Crippen LogP contribution < -0.4 is 11.1 Å². The average Bonchev–Trinajstić information content (AvgIpc) is 2.15. The highest BCUT2D eigenvalue weighted by atomic mass is 19.2. The zero-order chi connectivity index (χ0) is 10.7. The molecule has 0 bridgehead atoms. The minimum atomic E-state index is -0.987. The van der Waals surface area contributed by atoms with E-state index in [9.17, 15) is 8.78 Å². The fourth-order valence-electron chi connectivity index (χ4n) is 1.22. The summed E-state index contributed by atoms with van der Waals surface area (Å²) in [4.78, 5) is 0. The van der Waals surface area contributed by atoms with E-state index in [1.54, 1.807) is 7.05 Å². The molecule has 4 N–H and O–H groups in total. The lowest BCUT2D eigenvalue weighted by Gasteiger charge is -2.15. The molecule has 0 aromatic heterocycles. The van der Waals surface area contributed by atoms with Crippen LogP contribution in [0.25, 0.3) is 0 Å². The summed E-state index contributed by atoms with van der Waals surface area (Å²) in [7, 11) is 1.60. The standard InChI is InChI=1S/C9H12F2N2O/c1-13-9(4-14)5-2-6(10)7(11)3-8(5)12/h2-3,9,13-14H,4,12H2,1H3. The molecule has 0 aliphatic heterocycles. The Morgan fingerprint density at radius 3 is 2.50 bits per heavy atom. The Kier molecular flexibility index (Phi) is 3.38. The van der Waals surface area contributed by atoms with Crippen molar-refractivity contribution in [1.82, 2.24) is 5.32 Å². The first-order valence-corrected chi connectivity index (χ1v) is 4.12. The number of hydrogen-bond donors (Lipinski definition) is 3. The van der Waals surface area contributed by atoms with Crippen LogP contribution >= 0.6 is 0 Å². The van der Waals surface area contributed by atoms with Crippen molar-refractivity contribution in [3.63, 3.8) is 0 Å². The van der Waals surface area contributed by atoms with E-state index in [0.717, 1.165) is 12.1 Å². The topological polar surface area (TPSA) is 58.3 Å². The van der Waals surface area contributed by atoms with Gasteiger partial charge in [0.25, 0.3) is 0 Å². The van der Waals surface area contributed by atoms with Gasteiger partial charge in [0.2, 0.25) is 0 Å². The third kappa shape index (κ3) is 2.00. The zero-order valence-electron chi connectivity index (χ0n) is 7.72. The van der Waals surface area contributed by atoms with Gasteiger partial charge in [-0.3, -0.25) is 0 Å². The first kappa shape index (κ1) is 10.9. The van der Waals surface area contributed by atoms with Crippen molar-refractivity contribution in [1.29, 1.82) is 0 Å². The van der Waals surface area contributed by atoms with Gasteiger partial charge in [-0.2, -0.15) is 0 Å². The summed E-state index contributed by atoms with van der Waals surface area (Å²) in [5.41, 5.74) is 5.96. The number of nitrogens with one attached hydrogen (secondary N) is 1. The van der Waals surface area contributed by atoms with Crippen LogP contribution in [0.15, 0.2) is 12.1 Å². The van der Waals surface area contributed by atoms with E-state index in [2.05, 4.69) is 5.32 Å². The average molecular weight is 202 g/mol. The van der Waals surface area contributed by atoms with Gasteiger partial charge in [-0.15, -0.1) is 0 Å². The molecule has 0 fully saturated rings. The van der Waals surface area contributed by atoms with Gasteiger partial charge in [-0.1, -0.05) is 0 Å². The highest BCUT2D eigenvalue weighted by Crippen LogP contribution is 2.22. The van der Waals surface area contributed by atoms with Crippen LogP contribution in [0.3, 0.4) is 0 Å². The van der Waals surface area contributed by atoms with E-state index >= 15 is 0 Å². The monoisotopic (exact) mass is 202 g/mol. The fraction of sp³-hybridized carbons (Fsp3) is 0.333. The summed E-state index contributed by atoms with van der Waals surface area (Å²) in [5, 5.41) is 11.7. The second-order valence-corrected chi connectivity index (χ2v) is 2.92. The third-order valence-electron chi connectivity index (χ3n) is 2.03. The summed E-state index contributed by atoms with van der Waals surface area (Å²) in [6, 6.07) is 1.41. The van der Waals surface area contributed by atoms with Gasteiger partial charge in [-0.25, -0.2) is 8.78 Å². The quantitative estimate of drug-likeness (QED) is 0.635. The van der Waals surface area contributed by atoms with Gasteiger partial charge in [0.15, 0.2) is 11.6 Å². The van der Waals surface area contributed by atoms with Gasteiger partial charge < -0.3 is 16.2 Å². The molecule has 1 aromatic carbocycles. The molecule has 0 aliphatic carbocycles. The molecule has 0 aliphatic rings. The molecule has 0 saturated carbocycles. The van der Waals surface area contributed by atoms with E-state index in [4.69, 9.17) is 10.8 Å². The Balaban J connectivity index is 3.14. The number of likely N-dealkylation sites (N-methyl/N-ethyl adjacent to an activating group) is 1. The summed E-state index contributed by atoms with van der Waals surface area (Å²) >= 11 is 0. The molecule has 1 unspecified atom stereocenters. The van der Waals surface area contributed by atoms with Gasteiger partial charge in [-0.05, 0) is 18.7 Å². The number of benzene rings is 1. The molecule has 0 spiro atoms. The van der Waals surface area contributed by atoms with Crippen molar-refractivity contribution in [3.05, 3.63) is 29.3 Å². The van der Waals surface area contributed by atoms with Gasteiger partial charge in [0.05, 0.1) is 12.6 Å². The van der Waals surface area contributed by atoms with Crippen molar-refractivity contribution in [2.45, 2.75) is 6.04 Å². The summed E-state index contributed by atoms with van der Waals surface area (Å²) in [6.07, 6.45) is 0. The highest BCUT2D eigenvalue weighted by molar-refractivity contribution is 5.49. The number of nitrogens with two attached hydrogens (primary N) is 1. The molecule has 14 heavy (non-hydrogen) atoms. The third-order valence-corrected chi connectivity index (χ3v) is 2.03. The minimum Gasteiger partial charge on any atom is -0.398 e. The van der Waals surface area contributed by atoms with Crippen LogP contribution in [0, 0.1) is 11.6 Å². The molecule has 0 saturated heterocycles. The van der Waals surface area contributed by atoms with E-state index in [1.165, 1.54) is 0 Å². The number of nitrogen functional groups attached to an aromatic ring is 1. The molecule has 1 rings (SSSR count). The SMILES string of the molecule is CNC(CO)c1cc(F)c(F)cc1N. The maximum Gasteiger partial charge on any atom is 0.160 e. The Morgan fingerprint density at radius 2 is 2.00 bits per heavy atom. The number of halogens is 2. The first-order valence-electron chi connectivity index (χ1n) is 4.12. The summed E-state index contributed by atoms with van der Waals surface area (Å²) < 4.78 is 25.5. The van der Waals surface area contributed by atoms with Crippen molar-refractivity contribution in [2.75, 3.05) is 19.4 Å². The molecule has 0 amide bonds. The zero-order valence-corrected chi connectivity index (χ0v) is 7.72. The van der Waals surface area contributed by atoms with Crippen LogP contribution in [0.4, 0.5) is 14.5 Å². The van der Waals surface area contributed by atoms with E-state index in [-0.39, 0.29) is 12.3 Å². The minimum absolute atomic E-state index is 0.123. The van der Waals surface area contributed by atoms with E-state index in [0.29, 0.717) is 5.56 Å². The van der Waals surface area contributed by atoms with Crippen molar-refractivity contribution in [2.24, 2.45) is 0 Å². The van der Waals surface area contributed by atoms with Gasteiger partial charge >= 0.3 is 0 Å². The molecular formula is C9H12F2N2O. The van der Waals surface area contributed by atoms with Crippen molar-refractivity contribution >= 4 is 5.69 Å². The van der Waals surface area contributed by atoms with E-state index < -0.39 is 17.7 Å². The highest BCUT2D eigenvalue weighted by Gasteiger charge is 2.14. The smallest absolute Gasteiger partial charge is 0.160 e. The second kappa shape index (κ2) is 4.34. The Hall–Kier alpha value is -1.20. The molecule has 0 heterocycles. The van der Waals surface area contributed by atoms with Crippen molar-refractivity contribution in [3.8, 4) is 0 Å². The lowest BCUT2D eigenvalue weighted by molar-refractivity contribution is 0.251. The number of hydrogen-bond acceptors (Lipinski definition) is 3. The maximum atomic E-state index is 12.9. The summed E-state index contributed by atoms with van der Waals surface area (Å²) in [5.74, 6) is -1.96. The van der Waals surface area contributed by atoms with Crippen LogP contribution in [0.1, 0.15) is 11.6 Å². The van der Waals surface area contributed by atoms with Crippen molar-refractivity contribution < 1.29 is 13.9 Å². The number of rotatable bonds is 3. The largest absolute Gasteiger partial charge is 0.398 e. The maximum absolute atomic E-state index is 12.9. The molecule has 78 valence electrons. The van der Waals surface area contributed by atoms with E-state index in [1.807, 2.05) is 0 Å². The molecular weight excluding hydrogens is 190 g/mol.